The van der Waals surface area contributed by atoms with Gasteiger partial charge in [-0.25, -0.2) is 9.37 Å². The number of anilines is 2. The molecule has 0 spiro atoms. The molecule has 2 rings (SSSR count). The van der Waals surface area contributed by atoms with E-state index in [1.165, 1.54) is 19.2 Å². The number of nitrogens with one attached hydrogen (secondary N) is 1. The number of hydrogen-bond donors (Lipinski definition) is 2. The third-order valence-electron chi connectivity index (χ3n) is 2.29. The molecule has 0 radical (unpaired) electrons. The van der Waals surface area contributed by atoms with Crippen LogP contribution >= 0.6 is 11.6 Å². The molecule has 0 saturated carbocycles. The van der Waals surface area contributed by atoms with Crippen LogP contribution in [-0.2, 0) is 0 Å². The standard InChI is InChI=1S/C12H10ClFN4O2/c1-20-10-5-9(13)16-12(17-10)18-11(19)6-2-7(14)4-8(15)3-6/h2-5H,15H2,1H3,(H,16,17,18,19). The fourth-order valence-corrected chi connectivity index (χ4v) is 1.65. The molecule has 0 aliphatic rings. The highest BCUT2D eigenvalue weighted by atomic mass is 35.5. The Morgan fingerprint density at radius 1 is 1.35 bits per heavy atom. The predicted octanol–water partition coefficient (Wildman–Crippen LogP) is 2.11. The van der Waals surface area contributed by atoms with E-state index in [1.807, 2.05) is 0 Å². The summed E-state index contributed by atoms with van der Waals surface area (Å²) in [6.07, 6.45) is 0. The van der Waals surface area contributed by atoms with Crippen molar-refractivity contribution in [3.05, 3.63) is 40.8 Å². The van der Waals surface area contributed by atoms with Gasteiger partial charge in [-0.15, -0.1) is 0 Å². The molecule has 6 nitrogen and oxygen atoms in total. The molecule has 1 amide bonds. The number of carbonyl (C=O) groups excluding carboxylic acids is 1. The van der Waals surface area contributed by atoms with Gasteiger partial charge in [-0.2, -0.15) is 4.98 Å². The van der Waals surface area contributed by atoms with Crippen molar-refractivity contribution in [1.82, 2.24) is 9.97 Å². The molecule has 8 heteroatoms. The summed E-state index contributed by atoms with van der Waals surface area (Å²) in [4.78, 5) is 19.6. The van der Waals surface area contributed by atoms with Crippen LogP contribution in [0.5, 0.6) is 5.88 Å². The maximum absolute atomic E-state index is 13.2. The first-order valence-electron chi connectivity index (χ1n) is 5.44. The van der Waals surface area contributed by atoms with E-state index >= 15 is 0 Å². The van der Waals surface area contributed by atoms with Gasteiger partial charge in [-0.1, -0.05) is 11.6 Å². The van der Waals surface area contributed by atoms with Crippen molar-refractivity contribution in [1.29, 1.82) is 0 Å². The number of amides is 1. The number of carbonyl (C=O) groups is 1. The summed E-state index contributed by atoms with van der Waals surface area (Å²) in [7, 11) is 1.40. The maximum Gasteiger partial charge on any atom is 0.258 e. The third-order valence-corrected chi connectivity index (χ3v) is 2.48. The molecule has 0 bridgehead atoms. The van der Waals surface area contributed by atoms with Gasteiger partial charge >= 0.3 is 0 Å². The number of benzene rings is 1. The number of nitrogen functional groups attached to an aromatic ring is 1. The van der Waals surface area contributed by atoms with Crippen LogP contribution in [0.15, 0.2) is 24.3 Å². The number of ether oxygens (including phenoxy) is 1. The maximum atomic E-state index is 13.2. The molecular formula is C12H10ClFN4O2. The Hall–Kier alpha value is -2.41. The van der Waals surface area contributed by atoms with E-state index in [2.05, 4.69) is 15.3 Å². The van der Waals surface area contributed by atoms with Gasteiger partial charge in [0.2, 0.25) is 11.8 Å². The molecule has 0 unspecified atom stereocenters. The Bertz CT molecular complexity index is 646. The van der Waals surface area contributed by atoms with Crippen LogP contribution in [0.25, 0.3) is 0 Å². The Labute approximate surface area is 118 Å². The van der Waals surface area contributed by atoms with Crippen LogP contribution < -0.4 is 15.8 Å². The summed E-state index contributed by atoms with van der Waals surface area (Å²) in [6.45, 7) is 0. The van der Waals surface area contributed by atoms with E-state index in [0.29, 0.717) is 0 Å². The molecule has 0 atom stereocenters. The minimum Gasteiger partial charge on any atom is -0.481 e. The zero-order valence-corrected chi connectivity index (χ0v) is 11.1. The highest BCUT2D eigenvalue weighted by Gasteiger charge is 2.11. The summed E-state index contributed by atoms with van der Waals surface area (Å²) in [5, 5.41) is 2.48. The van der Waals surface area contributed by atoms with Crippen molar-refractivity contribution < 1.29 is 13.9 Å². The van der Waals surface area contributed by atoms with Crippen LogP contribution in [0.1, 0.15) is 10.4 Å². The zero-order chi connectivity index (χ0) is 14.7. The van der Waals surface area contributed by atoms with Crippen molar-refractivity contribution in [3.8, 4) is 5.88 Å². The monoisotopic (exact) mass is 296 g/mol. The molecule has 2 aromatic rings. The second-order valence-electron chi connectivity index (χ2n) is 3.78. The van der Waals surface area contributed by atoms with Gasteiger partial charge in [-0.3, -0.25) is 10.1 Å². The smallest absolute Gasteiger partial charge is 0.258 e. The molecule has 0 aliphatic heterocycles. The summed E-state index contributed by atoms with van der Waals surface area (Å²) < 4.78 is 18.1. The highest BCUT2D eigenvalue weighted by molar-refractivity contribution is 6.29. The average molecular weight is 297 g/mol. The quantitative estimate of drug-likeness (QED) is 0.669. The number of rotatable bonds is 3. The number of methoxy groups -OCH3 is 1. The van der Waals surface area contributed by atoms with Crippen molar-refractivity contribution in [2.45, 2.75) is 0 Å². The van der Waals surface area contributed by atoms with Gasteiger partial charge in [0.25, 0.3) is 5.91 Å². The van der Waals surface area contributed by atoms with E-state index in [9.17, 15) is 9.18 Å². The zero-order valence-electron chi connectivity index (χ0n) is 10.4. The minimum absolute atomic E-state index is 0.0463. The second-order valence-corrected chi connectivity index (χ2v) is 4.17. The first-order valence-corrected chi connectivity index (χ1v) is 5.81. The van der Waals surface area contributed by atoms with Crippen molar-refractivity contribution in [2.24, 2.45) is 0 Å². The molecule has 0 fully saturated rings. The van der Waals surface area contributed by atoms with Crippen LogP contribution in [0, 0.1) is 5.82 Å². The van der Waals surface area contributed by atoms with E-state index in [1.54, 1.807) is 0 Å². The van der Waals surface area contributed by atoms with Gasteiger partial charge in [0, 0.05) is 17.3 Å². The average Bonchev–Trinajstić information content (AvgIpc) is 2.36. The number of hydrogen-bond acceptors (Lipinski definition) is 5. The second kappa shape index (κ2) is 5.70. The topological polar surface area (TPSA) is 90.1 Å². The Morgan fingerprint density at radius 2 is 2.10 bits per heavy atom. The summed E-state index contributed by atoms with van der Waals surface area (Å²) >= 11 is 5.75. The van der Waals surface area contributed by atoms with Gasteiger partial charge in [-0.05, 0) is 18.2 Å². The van der Waals surface area contributed by atoms with E-state index in [0.717, 1.165) is 12.1 Å². The van der Waals surface area contributed by atoms with Crippen LogP contribution in [-0.4, -0.2) is 23.0 Å². The fourth-order valence-electron chi connectivity index (χ4n) is 1.47. The number of aromatic nitrogens is 2. The predicted molar refractivity (Wildman–Crippen MR) is 72.4 cm³/mol. The number of nitrogens with two attached hydrogens (primary N) is 1. The van der Waals surface area contributed by atoms with Gasteiger partial charge in [0.1, 0.15) is 11.0 Å². The molecule has 0 aliphatic carbocycles. The van der Waals surface area contributed by atoms with Gasteiger partial charge < -0.3 is 10.5 Å². The lowest BCUT2D eigenvalue weighted by Crippen LogP contribution is -2.15. The normalized spacial score (nSPS) is 10.2. The highest BCUT2D eigenvalue weighted by Crippen LogP contribution is 2.17. The van der Waals surface area contributed by atoms with Crippen LogP contribution in [0.4, 0.5) is 16.0 Å². The van der Waals surface area contributed by atoms with E-state index in [4.69, 9.17) is 22.1 Å². The summed E-state index contributed by atoms with van der Waals surface area (Å²) in [5.41, 5.74) is 5.65. The first kappa shape index (κ1) is 14.0. The van der Waals surface area contributed by atoms with Crippen LogP contribution in [0.2, 0.25) is 5.15 Å². The first-order chi connectivity index (χ1) is 9.47. The number of nitrogens with zero attached hydrogens (tertiary/aromatic N) is 2. The Kier molecular flexibility index (Phi) is 3.99. The van der Waals surface area contributed by atoms with Crippen molar-refractivity contribution >= 4 is 29.1 Å². The fraction of sp³-hybridized carbons (Fsp3) is 0.0833. The van der Waals surface area contributed by atoms with Crippen molar-refractivity contribution in [2.75, 3.05) is 18.2 Å². The van der Waals surface area contributed by atoms with Crippen LogP contribution in [0.3, 0.4) is 0 Å². The summed E-state index contributed by atoms with van der Waals surface area (Å²) in [6, 6.07) is 4.88. The molecule has 104 valence electrons. The molecule has 0 saturated heterocycles. The molecule has 1 aromatic carbocycles. The van der Waals surface area contributed by atoms with Gasteiger partial charge in [0.15, 0.2) is 0 Å². The number of halogens is 2. The third kappa shape index (κ3) is 3.33. The molecule has 20 heavy (non-hydrogen) atoms. The Morgan fingerprint density at radius 3 is 2.75 bits per heavy atom. The van der Waals surface area contributed by atoms with E-state index < -0.39 is 11.7 Å². The molecular weight excluding hydrogens is 287 g/mol. The lowest BCUT2D eigenvalue weighted by Gasteiger charge is -2.06. The largest absolute Gasteiger partial charge is 0.481 e. The van der Waals surface area contributed by atoms with Gasteiger partial charge in [0.05, 0.1) is 7.11 Å². The lowest BCUT2D eigenvalue weighted by molar-refractivity contribution is 0.102. The Balaban J connectivity index is 2.25. The van der Waals surface area contributed by atoms with Crippen molar-refractivity contribution in [3.63, 3.8) is 0 Å². The molecule has 1 aromatic heterocycles. The minimum atomic E-state index is -0.611. The summed E-state index contributed by atoms with van der Waals surface area (Å²) in [5.74, 6) is -1.08. The SMILES string of the molecule is COc1cc(Cl)nc(NC(=O)c2cc(N)cc(F)c2)n1. The van der Waals surface area contributed by atoms with E-state index in [-0.39, 0.29) is 28.2 Å². The molecule has 3 N–H and O–H groups in total. The lowest BCUT2D eigenvalue weighted by atomic mass is 10.2. The molecule has 1 heterocycles.